The molecule has 2 aromatic carbocycles. The molecule has 0 bridgehead atoms. The summed E-state index contributed by atoms with van der Waals surface area (Å²) in [7, 11) is 2.12. The van der Waals surface area contributed by atoms with Gasteiger partial charge in [-0.15, -0.1) is 0 Å². The third kappa shape index (κ3) is 1.70. The van der Waals surface area contributed by atoms with E-state index in [2.05, 4.69) is 79.4 Å². The molecule has 2 N–H and O–H groups in total. The first-order valence-corrected chi connectivity index (χ1v) is 7.93. The van der Waals surface area contributed by atoms with E-state index in [-0.39, 0.29) is 0 Å². The normalized spacial score (nSPS) is 11.7. The lowest BCUT2D eigenvalue weighted by Gasteiger charge is -2.14. The van der Waals surface area contributed by atoms with Gasteiger partial charge in [-0.2, -0.15) is 0 Å². The van der Waals surface area contributed by atoms with Gasteiger partial charge in [0.05, 0.1) is 22.2 Å². The Hall–Kier alpha value is -2.68. The number of aromatic nitrogens is 2. The summed E-state index contributed by atoms with van der Waals surface area (Å²) in [4.78, 5) is 0. The fraction of sp³-hybridized carbons (Fsp3) is 0.200. The van der Waals surface area contributed by atoms with Crippen LogP contribution >= 0.6 is 0 Å². The van der Waals surface area contributed by atoms with Gasteiger partial charge in [0.2, 0.25) is 0 Å². The molecule has 3 heteroatoms. The van der Waals surface area contributed by atoms with Gasteiger partial charge in [-0.05, 0) is 38.0 Å². The number of aryl methyl sites for hydroxylation is 4. The van der Waals surface area contributed by atoms with Crippen molar-refractivity contribution in [3.8, 4) is 5.69 Å². The van der Waals surface area contributed by atoms with Gasteiger partial charge in [0, 0.05) is 18.0 Å². The fourth-order valence-corrected chi connectivity index (χ4v) is 3.83. The number of benzene rings is 2. The maximum absolute atomic E-state index is 6.54. The first-order chi connectivity index (χ1) is 11.0. The molecule has 0 saturated carbocycles. The van der Waals surface area contributed by atoms with Gasteiger partial charge in [-0.25, -0.2) is 0 Å². The Kier molecular flexibility index (Phi) is 2.82. The number of rotatable bonds is 1. The van der Waals surface area contributed by atoms with Gasteiger partial charge in [-0.3, -0.25) is 4.57 Å². The third-order valence-electron chi connectivity index (χ3n) is 4.95. The molecule has 0 amide bonds. The molecule has 0 aliphatic rings. The summed E-state index contributed by atoms with van der Waals surface area (Å²) < 4.78 is 4.48. The minimum absolute atomic E-state index is 0.828. The third-order valence-corrected chi connectivity index (χ3v) is 4.95. The van der Waals surface area contributed by atoms with E-state index in [1.165, 1.54) is 38.8 Å². The average molecular weight is 303 g/mol. The van der Waals surface area contributed by atoms with Gasteiger partial charge in [0.15, 0.2) is 0 Å². The van der Waals surface area contributed by atoms with Crippen LogP contribution < -0.4 is 5.73 Å². The van der Waals surface area contributed by atoms with Crippen LogP contribution in [0.3, 0.4) is 0 Å². The van der Waals surface area contributed by atoms with E-state index in [0.29, 0.717) is 0 Å². The molecule has 4 rings (SSSR count). The molecular formula is C20H21N3. The molecule has 116 valence electrons. The van der Waals surface area contributed by atoms with Crippen molar-refractivity contribution in [2.75, 3.05) is 5.73 Å². The molecule has 0 aliphatic heterocycles. The molecule has 2 heterocycles. The molecule has 0 unspecified atom stereocenters. The summed E-state index contributed by atoms with van der Waals surface area (Å²) in [6.45, 7) is 6.41. The van der Waals surface area contributed by atoms with Crippen molar-refractivity contribution < 1.29 is 0 Å². The summed E-state index contributed by atoms with van der Waals surface area (Å²) >= 11 is 0. The van der Waals surface area contributed by atoms with Gasteiger partial charge in [-0.1, -0.05) is 36.4 Å². The van der Waals surface area contributed by atoms with E-state index in [1.54, 1.807) is 0 Å². The lowest BCUT2D eigenvalue weighted by Crippen LogP contribution is -2.04. The Labute approximate surface area is 135 Å². The average Bonchev–Trinajstić information content (AvgIpc) is 2.96. The molecule has 23 heavy (non-hydrogen) atoms. The lowest BCUT2D eigenvalue weighted by molar-refractivity contribution is 1.01. The van der Waals surface area contributed by atoms with E-state index >= 15 is 0 Å². The predicted molar refractivity (Wildman–Crippen MR) is 98.4 cm³/mol. The van der Waals surface area contributed by atoms with Crippen molar-refractivity contribution in [3.05, 3.63) is 59.2 Å². The monoisotopic (exact) mass is 303 g/mol. The standard InChI is InChI=1S/C20H21N3/c1-12-8-7-9-13(2)17(12)23-19-15-10-5-6-11-16(15)22(4)18(19)14(3)20(23)21/h5-11H,21H2,1-4H3. The molecule has 0 fully saturated rings. The summed E-state index contributed by atoms with van der Waals surface area (Å²) in [6, 6.07) is 14.9. The van der Waals surface area contributed by atoms with Gasteiger partial charge in [0.25, 0.3) is 0 Å². The zero-order chi connectivity index (χ0) is 16.3. The van der Waals surface area contributed by atoms with Gasteiger partial charge in [0.1, 0.15) is 5.82 Å². The molecule has 3 nitrogen and oxygen atoms in total. The highest BCUT2D eigenvalue weighted by atomic mass is 15.1. The molecule has 0 aliphatic carbocycles. The van der Waals surface area contributed by atoms with Crippen molar-refractivity contribution in [2.45, 2.75) is 20.8 Å². The minimum atomic E-state index is 0.828. The number of nitrogens with zero attached hydrogens (tertiary/aromatic N) is 2. The number of fused-ring (bicyclic) bond motifs is 3. The van der Waals surface area contributed by atoms with Gasteiger partial charge >= 0.3 is 0 Å². The second-order valence-electron chi connectivity index (χ2n) is 6.36. The van der Waals surface area contributed by atoms with Crippen LogP contribution in [0.15, 0.2) is 42.5 Å². The SMILES string of the molecule is Cc1cccc(C)c1-n1c(N)c(C)c2c1c1ccccc1n2C. The number of hydrogen-bond donors (Lipinski definition) is 1. The lowest BCUT2D eigenvalue weighted by atomic mass is 10.1. The quantitative estimate of drug-likeness (QED) is 0.547. The highest BCUT2D eigenvalue weighted by molar-refractivity contribution is 6.10. The van der Waals surface area contributed by atoms with E-state index in [1.807, 2.05) is 0 Å². The molecule has 4 aromatic rings. The van der Waals surface area contributed by atoms with Crippen LogP contribution in [0.25, 0.3) is 27.6 Å². The summed E-state index contributed by atoms with van der Waals surface area (Å²) in [6.07, 6.45) is 0. The Morgan fingerprint density at radius 1 is 0.826 bits per heavy atom. The van der Waals surface area contributed by atoms with Gasteiger partial charge < -0.3 is 10.3 Å². The zero-order valence-corrected chi connectivity index (χ0v) is 14.0. The molecule has 0 radical (unpaired) electrons. The smallest absolute Gasteiger partial charge is 0.113 e. The van der Waals surface area contributed by atoms with Crippen molar-refractivity contribution in [1.29, 1.82) is 0 Å². The number of para-hydroxylation sites is 2. The largest absolute Gasteiger partial charge is 0.385 e. The van der Waals surface area contributed by atoms with E-state index < -0.39 is 0 Å². The van der Waals surface area contributed by atoms with E-state index in [9.17, 15) is 0 Å². The highest BCUT2D eigenvalue weighted by Crippen LogP contribution is 2.38. The Morgan fingerprint density at radius 3 is 2.17 bits per heavy atom. The molecular weight excluding hydrogens is 282 g/mol. The van der Waals surface area contributed by atoms with Crippen LogP contribution in [0.4, 0.5) is 5.82 Å². The Morgan fingerprint density at radius 2 is 1.48 bits per heavy atom. The van der Waals surface area contributed by atoms with Crippen LogP contribution in [0.5, 0.6) is 0 Å². The predicted octanol–water partition coefficient (Wildman–Crippen LogP) is 4.63. The first-order valence-electron chi connectivity index (χ1n) is 7.93. The number of hydrogen-bond acceptors (Lipinski definition) is 1. The van der Waals surface area contributed by atoms with Crippen molar-refractivity contribution in [1.82, 2.24) is 9.13 Å². The van der Waals surface area contributed by atoms with E-state index in [4.69, 9.17) is 5.73 Å². The van der Waals surface area contributed by atoms with Crippen LogP contribution in [0, 0.1) is 20.8 Å². The first kappa shape index (κ1) is 13.9. The maximum Gasteiger partial charge on any atom is 0.113 e. The van der Waals surface area contributed by atoms with Crippen LogP contribution in [0.1, 0.15) is 16.7 Å². The Balaban J connectivity index is 2.29. The summed E-state index contributed by atoms with van der Waals surface area (Å²) in [5, 5.41) is 1.24. The number of anilines is 1. The second-order valence-corrected chi connectivity index (χ2v) is 6.36. The van der Waals surface area contributed by atoms with Crippen molar-refractivity contribution >= 4 is 27.8 Å². The molecule has 0 saturated heterocycles. The minimum Gasteiger partial charge on any atom is -0.385 e. The topological polar surface area (TPSA) is 35.9 Å². The molecule has 0 spiro atoms. The second kappa shape index (κ2) is 4.66. The number of nitrogen functional groups attached to an aromatic ring is 1. The van der Waals surface area contributed by atoms with Crippen LogP contribution in [-0.2, 0) is 7.05 Å². The molecule has 2 aromatic heterocycles. The van der Waals surface area contributed by atoms with Crippen LogP contribution in [0.2, 0.25) is 0 Å². The highest BCUT2D eigenvalue weighted by Gasteiger charge is 2.21. The summed E-state index contributed by atoms with van der Waals surface area (Å²) in [5.41, 5.74) is 15.0. The fourth-order valence-electron chi connectivity index (χ4n) is 3.83. The van der Waals surface area contributed by atoms with Crippen molar-refractivity contribution in [2.24, 2.45) is 7.05 Å². The van der Waals surface area contributed by atoms with Crippen LogP contribution in [-0.4, -0.2) is 9.13 Å². The zero-order valence-electron chi connectivity index (χ0n) is 14.0. The number of nitrogens with two attached hydrogens (primary N) is 1. The molecule has 0 atom stereocenters. The summed E-state index contributed by atoms with van der Waals surface area (Å²) in [5.74, 6) is 0.828. The van der Waals surface area contributed by atoms with E-state index in [0.717, 1.165) is 11.4 Å². The maximum atomic E-state index is 6.54. The van der Waals surface area contributed by atoms with Crippen molar-refractivity contribution in [3.63, 3.8) is 0 Å². The Bertz CT molecular complexity index is 1040.